The summed E-state index contributed by atoms with van der Waals surface area (Å²) in [6, 6.07) is 5.55. The van der Waals surface area contributed by atoms with Crippen molar-refractivity contribution in [1.82, 2.24) is 20.4 Å². The van der Waals surface area contributed by atoms with Gasteiger partial charge in [0.2, 0.25) is 5.91 Å². The molecule has 0 aliphatic carbocycles. The van der Waals surface area contributed by atoms with Gasteiger partial charge in [-0.2, -0.15) is 0 Å². The van der Waals surface area contributed by atoms with Crippen molar-refractivity contribution >= 4 is 11.9 Å². The maximum atomic E-state index is 12.4. The Morgan fingerprint density at radius 1 is 1.11 bits per heavy atom. The lowest BCUT2D eigenvalue weighted by Gasteiger charge is -2.34. The average molecular weight is 388 g/mol. The molecule has 1 aliphatic rings. The molecule has 1 fully saturated rings. The molecule has 0 saturated carbocycles. The van der Waals surface area contributed by atoms with Gasteiger partial charge in [-0.05, 0) is 13.0 Å². The quantitative estimate of drug-likeness (QED) is 0.776. The van der Waals surface area contributed by atoms with Crippen LogP contribution in [0, 0.1) is 0 Å². The number of nitrogens with zero attached hydrogens (tertiary/aromatic N) is 2. The highest BCUT2D eigenvalue weighted by Crippen LogP contribution is 2.26. The fraction of sp³-hybridized carbons (Fsp3) is 0.529. The van der Waals surface area contributed by atoms with Gasteiger partial charge in [0.25, 0.3) is 0 Å². The molecule has 2 rings (SSSR count). The standard InChI is InChI=1S/C17H23F3N4O3/c1-2-21-16(26)24-9-7-23(8-10-24)12-15(25)22-11-13-5-3-4-6-14(13)27-17(18,19)20/h3-6H,2,7-12H2,1H3,(H,21,26)(H,22,25). The Kier molecular flexibility index (Phi) is 7.28. The highest BCUT2D eigenvalue weighted by Gasteiger charge is 2.32. The van der Waals surface area contributed by atoms with Crippen molar-refractivity contribution in [2.24, 2.45) is 0 Å². The molecule has 1 aromatic rings. The molecular weight excluding hydrogens is 365 g/mol. The molecule has 1 saturated heterocycles. The van der Waals surface area contributed by atoms with E-state index in [0.717, 1.165) is 0 Å². The van der Waals surface area contributed by atoms with E-state index in [-0.39, 0.29) is 36.3 Å². The fourth-order valence-corrected chi connectivity index (χ4v) is 2.70. The van der Waals surface area contributed by atoms with Crippen molar-refractivity contribution in [3.63, 3.8) is 0 Å². The number of rotatable bonds is 6. The first-order valence-electron chi connectivity index (χ1n) is 8.64. The summed E-state index contributed by atoms with van der Waals surface area (Å²) in [5, 5.41) is 5.33. The van der Waals surface area contributed by atoms with E-state index in [9.17, 15) is 22.8 Å². The van der Waals surface area contributed by atoms with E-state index in [1.54, 1.807) is 11.0 Å². The molecule has 0 bridgehead atoms. The van der Waals surface area contributed by atoms with Gasteiger partial charge in [0, 0.05) is 44.8 Å². The minimum absolute atomic E-state index is 0.0655. The number of carbonyl (C=O) groups excluding carboxylic acids is 2. The summed E-state index contributed by atoms with van der Waals surface area (Å²) in [6.45, 7) is 4.59. The Labute approximate surface area is 155 Å². The van der Waals surface area contributed by atoms with Gasteiger partial charge < -0.3 is 20.3 Å². The smallest absolute Gasteiger partial charge is 0.405 e. The Morgan fingerprint density at radius 2 is 1.78 bits per heavy atom. The third-order valence-electron chi connectivity index (χ3n) is 4.03. The number of carbonyl (C=O) groups is 2. The van der Waals surface area contributed by atoms with Gasteiger partial charge in [-0.25, -0.2) is 4.79 Å². The number of hydrogen-bond acceptors (Lipinski definition) is 4. The molecule has 150 valence electrons. The summed E-state index contributed by atoms with van der Waals surface area (Å²) in [7, 11) is 0. The Hall–Kier alpha value is -2.49. The summed E-state index contributed by atoms with van der Waals surface area (Å²) >= 11 is 0. The lowest BCUT2D eigenvalue weighted by atomic mass is 10.2. The van der Waals surface area contributed by atoms with E-state index >= 15 is 0 Å². The van der Waals surface area contributed by atoms with Crippen molar-refractivity contribution in [3.05, 3.63) is 29.8 Å². The van der Waals surface area contributed by atoms with Gasteiger partial charge in [0.05, 0.1) is 6.54 Å². The fourth-order valence-electron chi connectivity index (χ4n) is 2.70. The van der Waals surface area contributed by atoms with Gasteiger partial charge >= 0.3 is 12.4 Å². The summed E-state index contributed by atoms with van der Waals surface area (Å²) in [6.07, 6.45) is -4.79. The van der Waals surface area contributed by atoms with Crippen molar-refractivity contribution in [2.75, 3.05) is 39.3 Å². The topological polar surface area (TPSA) is 73.9 Å². The molecular formula is C17H23F3N4O3. The molecule has 2 N–H and O–H groups in total. The van der Waals surface area contributed by atoms with Crippen LogP contribution < -0.4 is 15.4 Å². The van der Waals surface area contributed by atoms with E-state index in [0.29, 0.717) is 32.7 Å². The van der Waals surface area contributed by atoms with Gasteiger partial charge in [0.15, 0.2) is 0 Å². The molecule has 1 heterocycles. The van der Waals surface area contributed by atoms with E-state index in [1.807, 2.05) is 11.8 Å². The Balaban J connectivity index is 1.78. The molecule has 7 nitrogen and oxygen atoms in total. The summed E-state index contributed by atoms with van der Waals surface area (Å²) in [5.41, 5.74) is 0.240. The first-order valence-corrected chi connectivity index (χ1v) is 8.64. The number of alkyl halides is 3. The van der Waals surface area contributed by atoms with E-state index in [4.69, 9.17) is 0 Å². The second-order valence-electron chi connectivity index (χ2n) is 6.03. The maximum absolute atomic E-state index is 12.4. The van der Waals surface area contributed by atoms with E-state index in [2.05, 4.69) is 15.4 Å². The van der Waals surface area contributed by atoms with Crippen LogP contribution in [0.25, 0.3) is 0 Å². The molecule has 1 aliphatic heterocycles. The highest BCUT2D eigenvalue weighted by atomic mass is 19.4. The number of urea groups is 1. The monoisotopic (exact) mass is 388 g/mol. The molecule has 0 spiro atoms. The number of amides is 3. The third kappa shape index (κ3) is 6.97. The van der Waals surface area contributed by atoms with Crippen LogP contribution in [0.1, 0.15) is 12.5 Å². The first-order chi connectivity index (χ1) is 12.8. The van der Waals surface area contributed by atoms with Crippen molar-refractivity contribution < 1.29 is 27.5 Å². The van der Waals surface area contributed by atoms with Crippen LogP contribution in [0.4, 0.5) is 18.0 Å². The zero-order valence-corrected chi connectivity index (χ0v) is 15.0. The lowest BCUT2D eigenvalue weighted by molar-refractivity contribution is -0.274. The van der Waals surface area contributed by atoms with E-state index in [1.165, 1.54) is 18.2 Å². The molecule has 0 unspecified atom stereocenters. The predicted octanol–water partition coefficient (Wildman–Crippen LogP) is 1.55. The van der Waals surface area contributed by atoms with Crippen LogP contribution >= 0.6 is 0 Å². The normalized spacial score (nSPS) is 15.3. The number of nitrogens with one attached hydrogen (secondary N) is 2. The van der Waals surface area contributed by atoms with Gasteiger partial charge in [0.1, 0.15) is 5.75 Å². The largest absolute Gasteiger partial charge is 0.573 e. The number of para-hydroxylation sites is 1. The minimum Gasteiger partial charge on any atom is -0.405 e. The maximum Gasteiger partial charge on any atom is 0.573 e. The molecule has 10 heteroatoms. The Bertz CT molecular complexity index is 647. The second-order valence-corrected chi connectivity index (χ2v) is 6.03. The highest BCUT2D eigenvalue weighted by molar-refractivity contribution is 5.78. The minimum atomic E-state index is -4.79. The van der Waals surface area contributed by atoms with Crippen molar-refractivity contribution in [2.45, 2.75) is 19.8 Å². The van der Waals surface area contributed by atoms with Gasteiger partial charge in [-0.1, -0.05) is 18.2 Å². The molecule has 3 amide bonds. The van der Waals surface area contributed by atoms with Crippen LogP contribution in [0.15, 0.2) is 24.3 Å². The molecule has 1 aromatic carbocycles. The summed E-state index contributed by atoms with van der Waals surface area (Å²) in [4.78, 5) is 27.4. The number of halogens is 3. The predicted molar refractivity (Wildman–Crippen MR) is 92.1 cm³/mol. The van der Waals surface area contributed by atoms with E-state index < -0.39 is 6.36 Å². The lowest BCUT2D eigenvalue weighted by Crippen LogP contribution is -2.53. The van der Waals surface area contributed by atoms with Crippen LogP contribution in [0.5, 0.6) is 5.75 Å². The van der Waals surface area contributed by atoms with Gasteiger partial charge in [-0.3, -0.25) is 9.69 Å². The van der Waals surface area contributed by atoms with Crippen molar-refractivity contribution in [1.29, 1.82) is 0 Å². The number of piperazine rings is 1. The molecule has 0 radical (unpaired) electrons. The number of benzene rings is 1. The second kappa shape index (κ2) is 9.45. The third-order valence-corrected chi connectivity index (χ3v) is 4.03. The van der Waals surface area contributed by atoms with Crippen LogP contribution in [-0.2, 0) is 11.3 Å². The number of hydrogen-bond donors (Lipinski definition) is 2. The van der Waals surface area contributed by atoms with Crippen LogP contribution in [0.3, 0.4) is 0 Å². The molecule has 27 heavy (non-hydrogen) atoms. The summed E-state index contributed by atoms with van der Waals surface area (Å²) in [5.74, 6) is -0.635. The average Bonchev–Trinajstić information content (AvgIpc) is 2.60. The summed E-state index contributed by atoms with van der Waals surface area (Å²) < 4.78 is 41.2. The zero-order chi connectivity index (χ0) is 19.9. The van der Waals surface area contributed by atoms with Gasteiger partial charge in [-0.15, -0.1) is 13.2 Å². The van der Waals surface area contributed by atoms with Crippen LogP contribution in [0.2, 0.25) is 0 Å². The number of ether oxygens (including phenoxy) is 1. The molecule has 0 aromatic heterocycles. The zero-order valence-electron chi connectivity index (χ0n) is 15.0. The van der Waals surface area contributed by atoms with Crippen LogP contribution in [-0.4, -0.2) is 67.4 Å². The Morgan fingerprint density at radius 3 is 2.41 bits per heavy atom. The van der Waals surface area contributed by atoms with Crippen molar-refractivity contribution in [3.8, 4) is 5.75 Å². The molecule has 0 atom stereocenters. The SMILES string of the molecule is CCNC(=O)N1CCN(CC(=O)NCc2ccccc2OC(F)(F)F)CC1. The first kappa shape index (κ1) is 20.8.